The molecule has 0 rings (SSSR count). The van der Waals surface area contributed by atoms with E-state index in [1.807, 2.05) is 0 Å². The summed E-state index contributed by atoms with van der Waals surface area (Å²) in [6.45, 7) is 0. The monoisotopic (exact) mass is 158 g/mol. The highest BCUT2D eigenvalue weighted by Gasteiger charge is 1.94. The van der Waals surface area contributed by atoms with Gasteiger partial charge in [-0.3, -0.25) is 4.57 Å². The Morgan fingerprint density at radius 1 is 1.57 bits per heavy atom. The lowest BCUT2D eigenvalue weighted by Gasteiger charge is -1.89. The van der Waals surface area contributed by atoms with Crippen LogP contribution < -0.4 is 0 Å². The SMILES string of the molecule is O=PCCC(Cl)Cl. The molecule has 0 spiro atoms. The first kappa shape index (κ1) is 7.68. The number of rotatable bonds is 3. The second-order valence-electron chi connectivity index (χ2n) is 1.03. The number of halogens is 2. The van der Waals surface area contributed by atoms with Gasteiger partial charge in [0.2, 0.25) is 0 Å². The van der Waals surface area contributed by atoms with Crippen LogP contribution in [0.25, 0.3) is 0 Å². The smallest absolute Gasteiger partial charge is 0.155 e. The van der Waals surface area contributed by atoms with Gasteiger partial charge in [0.15, 0.2) is 8.46 Å². The van der Waals surface area contributed by atoms with Gasteiger partial charge in [-0.05, 0) is 6.42 Å². The maximum atomic E-state index is 9.69. The zero-order valence-corrected chi connectivity index (χ0v) is 6.01. The van der Waals surface area contributed by atoms with Gasteiger partial charge in [0.1, 0.15) is 4.84 Å². The second-order valence-corrected chi connectivity index (χ2v) is 3.01. The Morgan fingerprint density at radius 3 is 2.29 bits per heavy atom. The Hall–Kier alpha value is 0.680. The summed E-state index contributed by atoms with van der Waals surface area (Å²) in [7, 11) is 0.121. The summed E-state index contributed by atoms with van der Waals surface area (Å²) in [5.41, 5.74) is 0. The first-order chi connectivity index (χ1) is 3.27. The third-order valence-electron chi connectivity index (χ3n) is 0.439. The van der Waals surface area contributed by atoms with Gasteiger partial charge in [0, 0.05) is 6.16 Å². The van der Waals surface area contributed by atoms with Crippen LogP contribution in [0, 0.1) is 0 Å². The third-order valence-corrected chi connectivity index (χ3v) is 1.32. The topological polar surface area (TPSA) is 17.1 Å². The van der Waals surface area contributed by atoms with E-state index in [4.69, 9.17) is 23.2 Å². The molecule has 0 aliphatic carbocycles. The van der Waals surface area contributed by atoms with Gasteiger partial charge >= 0.3 is 0 Å². The average molecular weight is 159 g/mol. The molecule has 0 bridgehead atoms. The van der Waals surface area contributed by atoms with Gasteiger partial charge < -0.3 is 0 Å². The molecule has 0 aromatic rings. The third kappa shape index (κ3) is 6.68. The van der Waals surface area contributed by atoms with Crippen LogP contribution in [0.15, 0.2) is 0 Å². The van der Waals surface area contributed by atoms with Crippen LogP contribution in [0.3, 0.4) is 0 Å². The highest BCUT2D eigenvalue weighted by Crippen LogP contribution is 2.09. The Balaban J connectivity index is 2.81. The molecule has 0 N–H and O–H groups in total. The van der Waals surface area contributed by atoms with Crippen molar-refractivity contribution in [2.24, 2.45) is 0 Å². The summed E-state index contributed by atoms with van der Waals surface area (Å²) >= 11 is 10.6. The molecule has 0 radical (unpaired) electrons. The van der Waals surface area contributed by atoms with E-state index >= 15 is 0 Å². The zero-order chi connectivity index (χ0) is 5.70. The molecule has 0 aromatic heterocycles. The molecule has 0 unspecified atom stereocenters. The summed E-state index contributed by atoms with van der Waals surface area (Å²) in [6, 6.07) is 0. The van der Waals surface area contributed by atoms with Gasteiger partial charge in [-0.25, -0.2) is 0 Å². The molecule has 0 aromatic carbocycles. The van der Waals surface area contributed by atoms with Crippen LogP contribution in [-0.4, -0.2) is 11.0 Å². The molecular weight excluding hydrogens is 154 g/mol. The quantitative estimate of drug-likeness (QED) is 0.456. The molecule has 0 atom stereocenters. The van der Waals surface area contributed by atoms with Crippen LogP contribution in [0.5, 0.6) is 0 Å². The molecule has 4 heteroatoms. The van der Waals surface area contributed by atoms with E-state index in [9.17, 15) is 4.57 Å². The van der Waals surface area contributed by atoms with E-state index < -0.39 is 0 Å². The van der Waals surface area contributed by atoms with Crippen molar-refractivity contribution in [3.05, 3.63) is 0 Å². The fraction of sp³-hybridized carbons (Fsp3) is 1.00. The summed E-state index contributed by atoms with van der Waals surface area (Å²) in [4.78, 5) is -0.360. The summed E-state index contributed by atoms with van der Waals surface area (Å²) in [5, 5.41) is 0. The van der Waals surface area contributed by atoms with Gasteiger partial charge in [0.05, 0.1) is 0 Å². The average Bonchev–Trinajstić information content (AvgIpc) is 1.61. The summed E-state index contributed by atoms with van der Waals surface area (Å²) in [5.74, 6) is 0. The van der Waals surface area contributed by atoms with Gasteiger partial charge in [0.25, 0.3) is 0 Å². The van der Waals surface area contributed by atoms with E-state index in [-0.39, 0.29) is 13.3 Å². The van der Waals surface area contributed by atoms with E-state index in [1.54, 1.807) is 0 Å². The number of hydrogen-bond acceptors (Lipinski definition) is 1. The summed E-state index contributed by atoms with van der Waals surface area (Å²) in [6.07, 6.45) is 1.16. The molecule has 0 amide bonds. The van der Waals surface area contributed by atoms with Crippen molar-refractivity contribution in [3.8, 4) is 0 Å². The Morgan fingerprint density at radius 2 is 2.14 bits per heavy atom. The predicted molar refractivity (Wildman–Crippen MR) is 32.6 cm³/mol. The molecule has 0 heterocycles. The molecular formula is C3H5Cl2OP. The maximum Gasteiger partial charge on any atom is 0.155 e. The first-order valence-electron chi connectivity index (χ1n) is 1.84. The van der Waals surface area contributed by atoms with Crippen LogP contribution in [0.1, 0.15) is 6.42 Å². The fourth-order valence-electron chi connectivity index (χ4n) is 0.150. The lowest BCUT2D eigenvalue weighted by atomic mass is 10.6. The van der Waals surface area contributed by atoms with Crippen molar-refractivity contribution >= 4 is 31.7 Å². The Kier molecular flexibility index (Phi) is 5.30. The van der Waals surface area contributed by atoms with Gasteiger partial charge in [-0.2, -0.15) is 0 Å². The Bertz CT molecular complexity index is 56.9. The highest BCUT2D eigenvalue weighted by atomic mass is 35.5. The number of hydrogen-bond donors (Lipinski definition) is 0. The largest absolute Gasteiger partial charge is 0.275 e. The van der Waals surface area contributed by atoms with E-state index in [0.717, 1.165) is 0 Å². The van der Waals surface area contributed by atoms with Crippen molar-refractivity contribution < 1.29 is 4.57 Å². The molecule has 42 valence electrons. The van der Waals surface area contributed by atoms with Crippen LogP contribution in [0.4, 0.5) is 0 Å². The fourth-order valence-corrected chi connectivity index (χ4v) is 1.04. The van der Waals surface area contributed by atoms with Crippen molar-refractivity contribution in [2.45, 2.75) is 11.3 Å². The second kappa shape index (κ2) is 4.83. The van der Waals surface area contributed by atoms with Crippen LogP contribution in [-0.2, 0) is 4.57 Å². The van der Waals surface area contributed by atoms with Crippen LogP contribution >= 0.6 is 31.7 Å². The zero-order valence-electron chi connectivity index (χ0n) is 3.60. The molecule has 1 nitrogen and oxygen atoms in total. The van der Waals surface area contributed by atoms with Crippen molar-refractivity contribution in [1.82, 2.24) is 0 Å². The maximum absolute atomic E-state index is 9.69. The van der Waals surface area contributed by atoms with E-state index in [1.165, 1.54) is 0 Å². The first-order valence-corrected chi connectivity index (χ1v) is 3.71. The van der Waals surface area contributed by atoms with Crippen LogP contribution in [0.2, 0.25) is 0 Å². The lowest BCUT2D eigenvalue weighted by molar-refractivity contribution is 0.598. The Labute approximate surface area is 54.2 Å². The minimum atomic E-state index is -0.360. The minimum Gasteiger partial charge on any atom is -0.275 e. The van der Waals surface area contributed by atoms with Crippen molar-refractivity contribution in [3.63, 3.8) is 0 Å². The standard InChI is InChI=1S/C3H5Cl2OP/c4-3(5)1-2-7-6/h3H,1-2H2. The van der Waals surface area contributed by atoms with E-state index in [2.05, 4.69) is 0 Å². The molecule has 0 saturated carbocycles. The molecule has 0 aliphatic heterocycles. The molecule has 7 heavy (non-hydrogen) atoms. The lowest BCUT2D eigenvalue weighted by Crippen LogP contribution is -1.84. The molecule has 0 saturated heterocycles. The highest BCUT2D eigenvalue weighted by molar-refractivity contribution is 7.23. The predicted octanol–water partition coefficient (Wildman–Crippen LogP) is 2.47. The van der Waals surface area contributed by atoms with Gasteiger partial charge in [-0.15, -0.1) is 23.2 Å². The van der Waals surface area contributed by atoms with E-state index in [0.29, 0.717) is 12.6 Å². The van der Waals surface area contributed by atoms with Crippen molar-refractivity contribution in [2.75, 3.05) is 6.16 Å². The molecule has 0 aliphatic rings. The number of alkyl halides is 2. The van der Waals surface area contributed by atoms with Gasteiger partial charge in [-0.1, -0.05) is 0 Å². The molecule has 0 fully saturated rings. The van der Waals surface area contributed by atoms with Crippen molar-refractivity contribution in [1.29, 1.82) is 0 Å². The minimum absolute atomic E-state index is 0.121. The normalized spacial score (nSPS) is 10.7. The summed E-state index contributed by atoms with van der Waals surface area (Å²) < 4.78 is 9.69.